The number of hydrogen-bond acceptors (Lipinski definition) is 2. The van der Waals surface area contributed by atoms with E-state index in [4.69, 9.17) is 28.9 Å². The van der Waals surface area contributed by atoms with Gasteiger partial charge in [-0.2, -0.15) is 0 Å². The standard InChI is InChI=1S/C15H21Cl2NS/c1-2-10-3-4-11(9-18)14(7-10)19-15-8-12(16)5-6-13(15)17/h5-6,8,10-11,14H,2-4,7,9,18H2,1H3. The normalized spacial score (nSPS) is 27.5. The Hall–Kier alpha value is 0.110. The Balaban J connectivity index is 2.11. The van der Waals surface area contributed by atoms with Crippen LogP contribution in [0.1, 0.15) is 32.6 Å². The van der Waals surface area contributed by atoms with E-state index in [9.17, 15) is 0 Å². The molecule has 0 spiro atoms. The minimum absolute atomic E-state index is 0.569. The van der Waals surface area contributed by atoms with E-state index in [2.05, 4.69) is 6.92 Å². The van der Waals surface area contributed by atoms with Crippen LogP contribution in [0.4, 0.5) is 0 Å². The van der Waals surface area contributed by atoms with Crippen LogP contribution in [0, 0.1) is 11.8 Å². The van der Waals surface area contributed by atoms with Gasteiger partial charge in [-0.25, -0.2) is 0 Å². The van der Waals surface area contributed by atoms with E-state index in [1.807, 2.05) is 30.0 Å². The molecule has 0 bridgehead atoms. The zero-order valence-electron chi connectivity index (χ0n) is 11.2. The molecule has 2 N–H and O–H groups in total. The van der Waals surface area contributed by atoms with Crippen molar-refractivity contribution in [3.8, 4) is 0 Å². The maximum atomic E-state index is 6.27. The molecule has 2 rings (SSSR count). The lowest BCUT2D eigenvalue weighted by atomic mass is 9.80. The second-order valence-electron chi connectivity index (χ2n) is 5.31. The number of rotatable bonds is 4. The van der Waals surface area contributed by atoms with Crippen molar-refractivity contribution in [2.45, 2.75) is 42.8 Å². The van der Waals surface area contributed by atoms with Crippen LogP contribution in [0.3, 0.4) is 0 Å². The zero-order chi connectivity index (χ0) is 13.8. The Morgan fingerprint density at radius 2 is 2.11 bits per heavy atom. The van der Waals surface area contributed by atoms with Crippen molar-refractivity contribution in [3.63, 3.8) is 0 Å². The van der Waals surface area contributed by atoms with Gasteiger partial charge >= 0.3 is 0 Å². The van der Waals surface area contributed by atoms with Crippen LogP contribution in [0.2, 0.25) is 10.0 Å². The molecule has 0 aromatic heterocycles. The molecule has 0 radical (unpaired) electrons. The summed E-state index contributed by atoms with van der Waals surface area (Å²) >= 11 is 14.2. The highest BCUT2D eigenvalue weighted by atomic mass is 35.5. The van der Waals surface area contributed by atoms with E-state index in [1.54, 1.807) is 0 Å². The van der Waals surface area contributed by atoms with Crippen molar-refractivity contribution in [2.24, 2.45) is 17.6 Å². The third-order valence-electron chi connectivity index (χ3n) is 4.09. The monoisotopic (exact) mass is 317 g/mol. The van der Waals surface area contributed by atoms with Crippen LogP contribution in [-0.2, 0) is 0 Å². The summed E-state index contributed by atoms with van der Waals surface area (Å²) in [5, 5.41) is 2.11. The second-order valence-corrected chi connectivity index (χ2v) is 7.44. The van der Waals surface area contributed by atoms with E-state index in [-0.39, 0.29) is 0 Å². The SMILES string of the molecule is CCC1CCC(CN)C(Sc2cc(Cl)ccc2Cl)C1. The van der Waals surface area contributed by atoms with E-state index >= 15 is 0 Å². The molecule has 1 saturated carbocycles. The predicted molar refractivity (Wildman–Crippen MR) is 86.3 cm³/mol. The Labute approximate surface area is 130 Å². The van der Waals surface area contributed by atoms with E-state index in [1.165, 1.54) is 25.7 Å². The molecule has 1 nitrogen and oxygen atoms in total. The van der Waals surface area contributed by atoms with Gasteiger partial charge in [0.2, 0.25) is 0 Å². The first-order valence-electron chi connectivity index (χ1n) is 6.95. The van der Waals surface area contributed by atoms with Crippen molar-refractivity contribution >= 4 is 35.0 Å². The molecule has 1 fully saturated rings. The van der Waals surface area contributed by atoms with Gasteiger partial charge in [-0.15, -0.1) is 11.8 Å². The van der Waals surface area contributed by atoms with Crippen molar-refractivity contribution in [2.75, 3.05) is 6.54 Å². The lowest BCUT2D eigenvalue weighted by Crippen LogP contribution is -2.32. The summed E-state index contributed by atoms with van der Waals surface area (Å²) in [6.45, 7) is 3.05. The van der Waals surface area contributed by atoms with Crippen LogP contribution < -0.4 is 5.73 Å². The molecule has 0 amide bonds. The fourth-order valence-corrected chi connectivity index (χ4v) is 4.79. The van der Waals surface area contributed by atoms with Gasteiger partial charge in [-0.1, -0.05) is 43.0 Å². The molecule has 0 saturated heterocycles. The van der Waals surface area contributed by atoms with E-state index in [0.29, 0.717) is 11.2 Å². The fraction of sp³-hybridized carbons (Fsp3) is 0.600. The molecule has 19 heavy (non-hydrogen) atoms. The van der Waals surface area contributed by atoms with Gasteiger partial charge in [-0.3, -0.25) is 0 Å². The molecule has 0 aliphatic heterocycles. The summed E-state index contributed by atoms with van der Waals surface area (Å²) in [7, 11) is 0. The Morgan fingerprint density at radius 3 is 2.79 bits per heavy atom. The molecule has 1 aliphatic carbocycles. The number of hydrogen-bond donors (Lipinski definition) is 1. The molecule has 3 atom stereocenters. The Morgan fingerprint density at radius 1 is 1.32 bits per heavy atom. The molecule has 106 valence electrons. The van der Waals surface area contributed by atoms with Crippen molar-refractivity contribution in [3.05, 3.63) is 28.2 Å². The summed E-state index contributed by atoms with van der Waals surface area (Å²) in [4.78, 5) is 1.09. The number of thioether (sulfide) groups is 1. The molecule has 0 heterocycles. The van der Waals surface area contributed by atoms with Crippen LogP contribution >= 0.6 is 35.0 Å². The van der Waals surface area contributed by atoms with Crippen LogP contribution in [-0.4, -0.2) is 11.8 Å². The van der Waals surface area contributed by atoms with Crippen LogP contribution in [0.25, 0.3) is 0 Å². The molecule has 1 aromatic rings. The second kappa shape index (κ2) is 7.21. The predicted octanol–water partition coefficient (Wildman–Crippen LogP) is 5.24. The average molecular weight is 318 g/mol. The van der Waals surface area contributed by atoms with Gasteiger partial charge in [0.05, 0.1) is 5.02 Å². The first kappa shape index (κ1) is 15.5. The third kappa shape index (κ3) is 4.04. The summed E-state index contributed by atoms with van der Waals surface area (Å²) in [6.07, 6.45) is 5.06. The Kier molecular flexibility index (Phi) is 5.88. The van der Waals surface area contributed by atoms with Gasteiger partial charge in [0.25, 0.3) is 0 Å². The molecular formula is C15H21Cl2NS. The van der Waals surface area contributed by atoms with Gasteiger partial charge in [0.15, 0.2) is 0 Å². The smallest absolute Gasteiger partial charge is 0.0542 e. The van der Waals surface area contributed by atoms with Crippen molar-refractivity contribution < 1.29 is 0 Å². The minimum atomic E-state index is 0.569. The highest BCUT2D eigenvalue weighted by Crippen LogP contribution is 2.42. The minimum Gasteiger partial charge on any atom is -0.330 e. The average Bonchev–Trinajstić information content (AvgIpc) is 2.42. The highest BCUT2D eigenvalue weighted by Gasteiger charge is 2.30. The maximum absolute atomic E-state index is 6.27. The summed E-state index contributed by atoms with van der Waals surface area (Å²) in [5.41, 5.74) is 5.93. The highest BCUT2D eigenvalue weighted by molar-refractivity contribution is 8.00. The maximum Gasteiger partial charge on any atom is 0.0542 e. The number of benzene rings is 1. The van der Waals surface area contributed by atoms with Crippen molar-refractivity contribution in [1.82, 2.24) is 0 Å². The first-order valence-corrected chi connectivity index (χ1v) is 8.59. The molecule has 3 unspecified atom stereocenters. The lowest BCUT2D eigenvalue weighted by Gasteiger charge is -2.35. The van der Waals surface area contributed by atoms with Gasteiger partial charge in [-0.05, 0) is 49.4 Å². The van der Waals surface area contributed by atoms with Crippen LogP contribution in [0.15, 0.2) is 23.1 Å². The molecular weight excluding hydrogens is 297 g/mol. The molecule has 1 aromatic carbocycles. The number of halogens is 2. The summed E-state index contributed by atoms with van der Waals surface area (Å²) in [6, 6.07) is 5.69. The lowest BCUT2D eigenvalue weighted by molar-refractivity contribution is 0.284. The first-order chi connectivity index (χ1) is 9.13. The third-order valence-corrected chi connectivity index (χ3v) is 6.24. The quantitative estimate of drug-likeness (QED) is 0.821. The topological polar surface area (TPSA) is 26.0 Å². The van der Waals surface area contributed by atoms with E-state index < -0.39 is 0 Å². The fourth-order valence-electron chi connectivity index (χ4n) is 2.79. The van der Waals surface area contributed by atoms with Gasteiger partial charge < -0.3 is 5.73 Å². The van der Waals surface area contributed by atoms with Gasteiger partial charge in [0.1, 0.15) is 0 Å². The Bertz CT molecular complexity index is 425. The number of nitrogens with two attached hydrogens (primary N) is 1. The van der Waals surface area contributed by atoms with Crippen LogP contribution in [0.5, 0.6) is 0 Å². The summed E-state index contributed by atoms with van der Waals surface area (Å²) in [5.74, 6) is 1.43. The zero-order valence-corrected chi connectivity index (χ0v) is 13.6. The van der Waals surface area contributed by atoms with Crippen molar-refractivity contribution in [1.29, 1.82) is 0 Å². The van der Waals surface area contributed by atoms with Gasteiger partial charge in [0, 0.05) is 15.2 Å². The summed E-state index contributed by atoms with van der Waals surface area (Å²) < 4.78 is 0. The van der Waals surface area contributed by atoms with E-state index in [0.717, 1.165) is 27.4 Å². The molecule has 4 heteroatoms. The largest absolute Gasteiger partial charge is 0.330 e. The molecule has 1 aliphatic rings.